The lowest BCUT2D eigenvalue weighted by Gasteiger charge is -2.07. The summed E-state index contributed by atoms with van der Waals surface area (Å²) in [6.45, 7) is -0.150. The number of nitrogens with zero attached hydrogens (tertiary/aromatic N) is 2. The van der Waals surface area contributed by atoms with Crippen molar-refractivity contribution in [1.29, 1.82) is 0 Å². The van der Waals surface area contributed by atoms with Gasteiger partial charge < -0.3 is 4.74 Å². The molecule has 0 bridgehead atoms. The van der Waals surface area contributed by atoms with Crippen LogP contribution in [0.4, 0.5) is 0 Å². The van der Waals surface area contributed by atoms with Crippen molar-refractivity contribution in [2.24, 2.45) is 5.10 Å². The minimum absolute atomic E-state index is 0.150. The van der Waals surface area contributed by atoms with E-state index in [0.717, 1.165) is 16.5 Å². The van der Waals surface area contributed by atoms with Gasteiger partial charge in [-0.15, -0.1) is 0 Å². The lowest BCUT2D eigenvalue weighted by atomic mass is 10.2. The van der Waals surface area contributed by atoms with Gasteiger partial charge in [0.2, 0.25) is 0 Å². The second-order valence-electron chi connectivity index (χ2n) is 4.97. The van der Waals surface area contributed by atoms with E-state index in [0.29, 0.717) is 10.8 Å². The quantitative estimate of drug-likeness (QED) is 0.572. The van der Waals surface area contributed by atoms with Gasteiger partial charge in [-0.3, -0.25) is 9.78 Å². The molecule has 6 heteroatoms. The summed E-state index contributed by atoms with van der Waals surface area (Å²) in [5, 5.41) is 5.44. The molecule has 1 N–H and O–H groups in total. The van der Waals surface area contributed by atoms with Crippen molar-refractivity contribution < 1.29 is 9.53 Å². The second-order valence-corrected chi connectivity index (χ2v) is 5.40. The molecular weight excluding hydrogens is 326 g/mol. The first kappa shape index (κ1) is 16.0. The fraction of sp³-hybridized carbons (Fsp3) is 0.0556. The Morgan fingerprint density at radius 3 is 2.92 bits per heavy atom. The third-order valence-corrected chi connectivity index (χ3v) is 3.44. The molecule has 0 fully saturated rings. The first-order valence-corrected chi connectivity index (χ1v) is 7.64. The molecule has 1 heterocycles. The second kappa shape index (κ2) is 7.57. The third-order valence-electron chi connectivity index (χ3n) is 3.21. The Morgan fingerprint density at radius 1 is 1.21 bits per heavy atom. The van der Waals surface area contributed by atoms with Gasteiger partial charge in [0.15, 0.2) is 6.61 Å². The number of hydrogen-bond acceptors (Lipinski definition) is 4. The Bertz CT molecular complexity index is 891. The van der Waals surface area contributed by atoms with Crippen LogP contribution in [0.25, 0.3) is 10.9 Å². The topological polar surface area (TPSA) is 63.6 Å². The zero-order valence-electron chi connectivity index (χ0n) is 12.6. The van der Waals surface area contributed by atoms with Gasteiger partial charge in [0, 0.05) is 16.6 Å². The highest BCUT2D eigenvalue weighted by Gasteiger charge is 2.05. The number of fused-ring (bicyclic) bond motifs is 1. The first-order valence-electron chi connectivity index (χ1n) is 7.26. The van der Waals surface area contributed by atoms with Crippen LogP contribution in [0.1, 0.15) is 5.56 Å². The maximum absolute atomic E-state index is 11.8. The number of halogens is 1. The summed E-state index contributed by atoms with van der Waals surface area (Å²) in [4.78, 5) is 16.1. The lowest BCUT2D eigenvalue weighted by Crippen LogP contribution is -2.24. The number of carbonyl (C=O) groups excluding carboxylic acids is 1. The molecule has 0 radical (unpaired) electrons. The van der Waals surface area contributed by atoms with Crippen LogP contribution in [0.15, 0.2) is 65.9 Å². The standard InChI is InChI=1S/C18H14ClN3O2/c19-15-7-1-4-13(10-15)11-21-22-17(23)12-24-16-8-2-5-14-6-3-9-20-18(14)16/h1-11H,12H2,(H,22,23)/b21-11-. The van der Waals surface area contributed by atoms with E-state index in [1.165, 1.54) is 6.21 Å². The van der Waals surface area contributed by atoms with E-state index in [9.17, 15) is 4.79 Å². The molecule has 0 spiro atoms. The number of rotatable bonds is 5. The van der Waals surface area contributed by atoms with Crippen LogP contribution in [0, 0.1) is 0 Å². The maximum Gasteiger partial charge on any atom is 0.277 e. The molecule has 0 aliphatic carbocycles. The Kier molecular flexibility index (Phi) is 5.03. The van der Waals surface area contributed by atoms with Crippen molar-refractivity contribution in [3.8, 4) is 5.75 Å². The molecule has 3 aromatic rings. The highest BCUT2D eigenvalue weighted by atomic mass is 35.5. The highest BCUT2D eigenvalue weighted by molar-refractivity contribution is 6.30. The Balaban J connectivity index is 1.57. The molecule has 0 atom stereocenters. The van der Waals surface area contributed by atoms with E-state index in [1.54, 1.807) is 24.4 Å². The van der Waals surface area contributed by atoms with Crippen molar-refractivity contribution in [2.45, 2.75) is 0 Å². The predicted octanol–water partition coefficient (Wildman–Crippen LogP) is 3.42. The van der Waals surface area contributed by atoms with Gasteiger partial charge in [-0.2, -0.15) is 5.10 Å². The van der Waals surface area contributed by atoms with Gasteiger partial charge in [0.05, 0.1) is 6.21 Å². The van der Waals surface area contributed by atoms with Crippen LogP contribution >= 0.6 is 11.6 Å². The molecule has 120 valence electrons. The minimum Gasteiger partial charge on any atom is -0.481 e. The fourth-order valence-electron chi connectivity index (χ4n) is 2.13. The first-order chi connectivity index (χ1) is 11.7. The largest absolute Gasteiger partial charge is 0.481 e. The lowest BCUT2D eigenvalue weighted by molar-refractivity contribution is -0.123. The molecule has 1 amide bonds. The average molecular weight is 340 g/mol. The van der Waals surface area contributed by atoms with Gasteiger partial charge in [-0.05, 0) is 29.8 Å². The molecule has 5 nitrogen and oxygen atoms in total. The smallest absolute Gasteiger partial charge is 0.277 e. The number of nitrogens with one attached hydrogen (secondary N) is 1. The monoisotopic (exact) mass is 339 g/mol. The van der Waals surface area contributed by atoms with E-state index in [2.05, 4.69) is 15.5 Å². The number of hydrazone groups is 1. The van der Waals surface area contributed by atoms with Crippen molar-refractivity contribution in [3.05, 3.63) is 71.4 Å². The molecule has 1 aromatic heterocycles. The average Bonchev–Trinajstić information content (AvgIpc) is 2.60. The summed E-state index contributed by atoms with van der Waals surface area (Å²) >= 11 is 5.88. The van der Waals surface area contributed by atoms with Gasteiger partial charge in [-0.1, -0.05) is 41.9 Å². The molecule has 0 saturated carbocycles. The van der Waals surface area contributed by atoms with E-state index in [-0.39, 0.29) is 12.5 Å². The Labute approximate surface area is 143 Å². The van der Waals surface area contributed by atoms with Crippen LogP contribution in [0.5, 0.6) is 5.75 Å². The molecule has 3 rings (SSSR count). The SMILES string of the molecule is O=C(COc1cccc2cccnc12)N/N=C\c1cccc(Cl)c1. The normalized spacial score (nSPS) is 10.9. The molecule has 2 aromatic carbocycles. The molecule has 0 unspecified atom stereocenters. The van der Waals surface area contributed by atoms with Crippen LogP contribution in [-0.2, 0) is 4.79 Å². The zero-order chi connectivity index (χ0) is 16.8. The van der Waals surface area contributed by atoms with Crippen molar-refractivity contribution >= 4 is 34.6 Å². The number of amides is 1. The number of hydrogen-bond donors (Lipinski definition) is 1. The number of para-hydroxylation sites is 1. The summed E-state index contributed by atoms with van der Waals surface area (Å²) in [6.07, 6.45) is 3.20. The molecule has 0 aliphatic rings. The zero-order valence-corrected chi connectivity index (χ0v) is 13.4. The minimum atomic E-state index is -0.360. The van der Waals surface area contributed by atoms with Gasteiger partial charge in [-0.25, -0.2) is 5.43 Å². The molecule has 0 saturated heterocycles. The number of ether oxygens (including phenoxy) is 1. The molecule has 24 heavy (non-hydrogen) atoms. The molecular formula is C18H14ClN3O2. The Hall–Kier alpha value is -2.92. The summed E-state index contributed by atoms with van der Waals surface area (Å²) in [7, 11) is 0. The summed E-state index contributed by atoms with van der Waals surface area (Å²) in [6, 6.07) is 16.5. The van der Waals surface area contributed by atoms with Gasteiger partial charge in [0.25, 0.3) is 5.91 Å². The fourth-order valence-corrected chi connectivity index (χ4v) is 2.33. The van der Waals surface area contributed by atoms with Crippen molar-refractivity contribution in [1.82, 2.24) is 10.4 Å². The third kappa shape index (κ3) is 4.08. The maximum atomic E-state index is 11.8. The number of benzene rings is 2. The predicted molar refractivity (Wildman–Crippen MR) is 94.4 cm³/mol. The van der Waals surface area contributed by atoms with E-state index >= 15 is 0 Å². The van der Waals surface area contributed by atoms with E-state index in [1.807, 2.05) is 36.4 Å². The van der Waals surface area contributed by atoms with Crippen LogP contribution in [0.3, 0.4) is 0 Å². The number of pyridine rings is 1. The molecule has 0 aliphatic heterocycles. The van der Waals surface area contributed by atoms with Crippen LogP contribution in [0.2, 0.25) is 5.02 Å². The number of aromatic nitrogens is 1. The summed E-state index contributed by atoms with van der Waals surface area (Å²) < 4.78 is 5.53. The van der Waals surface area contributed by atoms with Crippen LogP contribution < -0.4 is 10.2 Å². The van der Waals surface area contributed by atoms with Crippen molar-refractivity contribution in [3.63, 3.8) is 0 Å². The van der Waals surface area contributed by atoms with E-state index in [4.69, 9.17) is 16.3 Å². The summed E-state index contributed by atoms with van der Waals surface area (Å²) in [5.41, 5.74) is 3.92. The number of carbonyl (C=O) groups is 1. The Morgan fingerprint density at radius 2 is 2.04 bits per heavy atom. The van der Waals surface area contributed by atoms with Gasteiger partial charge >= 0.3 is 0 Å². The van der Waals surface area contributed by atoms with Crippen molar-refractivity contribution in [2.75, 3.05) is 6.61 Å². The highest BCUT2D eigenvalue weighted by Crippen LogP contribution is 2.22. The van der Waals surface area contributed by atoms with E-state index < -0.39 is 0 Å². The summed E-state index contributed by atoms with van der Waals surface area (Å²) in [5.74, 6) is 0.197. The van der Waals surface area contributed by atoms with Crippen LogP contribution in [-0.4, -0.2) is 23.7 Å². The van der Waals surface area contributed by atoms with Gasteiger partial charge in [0.1, 0.15) is 11.3 Å².